The summed E-state index contributed by atoms with van der Waals surface area (Å²) < 4.78 is 0. The highest BCUT2D eigenvalue weighted by atomic mass is 16.4. The first kappa shape index (κ1) is 14.9. The van der Waals surface area contributed by atoms with Crippen molar-refractivity contribution in [3.8, 4) is 0 Å². The Balaban J connectivity index is 3.21. The van der Waals surface area contributed by atoms with Gasteiger partial charge < -0.3 is 16.2 Å². The first-order valence-corrected chi connectivity index (χ1v) is 5.93. The molecule has 6 nitrogen and oxygen atoms in total. The lowest BCUT2D eigenvalue weighted by molar-refractivity contribution is -0.118. The van der Waals surface area contributed by atoms with Crippen LogP contribution in [0.5, 0.6) is 0 Å². The standard InChI is InChI=1S/C13H19N3O3/c1-7(11(14)17)15-10-6-8(12(18)19)5-9(16-10)13(2,3)4/h5-7H,1-4H3,(H2,14,17)(H,15,16)(H,18,19). The Kier molecular flexibility index (Phi) is 4.14. The third kappa shape index (κ3) is 3.94. The molecule has 1 rings (SSSR count). The second kappa shape index (κ2) is 5.26. The van der Waals surface area contributed by atoms with Crippen LogP contribution in [0, 0.1) is 0 Å². The first-order valence-electron chi connectivity index (χ1n) is 5.93. The average Bonchev–Trinajstić information content (AvgIpc) is 2.27. The molecule has 0 spiro atoms. The van der Waals surface area contributed by atoms with E-state index in [0.29, 0.717) is 11.5 Å². The van der Waals surface area contributed by atoms with Crippen LogP contribution in [-0.2, 0) is 10.2 Å². The highest BCUT2D eigenvalue weighted by molar-refractivity contribution is 5.89. The number of nitrogens with one attached hydrogen (secondary N) is 1. The summed E-state index contributed by atoms with van der Waals surface area (Å²) in [6.45, 7) is 7.39. The number of anilines is 1. The Morgan fingerprint density at radius 2 is 1.95 bits per heavy atom. The summed E-state index contributed by atoms with van der Waals surface area (Å²) in [4.78, 5) is 26.5. The maximum absolute atomic E-state index is 11.1. The van der Waals surface area contributed by atoms with Crippen molar-refractivity contribution < 1.29 is 14.7 Å². The van der Waals surface area contributed by atoms with Crippen molar-refractivity contribution in [1.29, 1.82) is 0 Å². The molecule has 4 N–H and O–H groups in total. The normalized spacial score (nSPS) is 12.8. The van der Waals surface area contributed by atoms with Crippen LogP contribution in [0.15, 0.2) is 12.1 Å². The van der Waals surface area contributed by atoms with Gasteiger partial charge in [0.1, 0.15) is 11.9 Å². The predicted molar refractivity (Wildman–Crippen MR) is 72.2 cm³/mol. The number of pyridine rings is 1. The Labute approximate surface area is 112 Å². The third-order valence-corrected chi connectivity index (χ3v) is 2.63. The fourth-order valence-electron chi connectivity index (χ4n) is 1.41. The van der Waals surface area contributed by atoms with Crippen molar-refractivity contribution in [1.82, 2.24) is 4.98 Å². The van der Waals surface area contributed by atoms with Gasteiger partial charge in [-0.3, -0.25) is 4.79 Å². The van der Waals surface area contributed by atoms with Gasteiger partial charge in [-0.25, -0.2) is 9.78 Å². The highest BCUT2D eigenvalue weighted by Crippen LogP contribution is 2.23. The molecule has 6 heteroatoms. The minimum atomic E-state index is -1.04. The Hall–Kier alpha value is -2.11. The van der Waals surface area contributed by atoms with Crippen molar-refractivity contribution in [3.63, 3.8) is 0 Å². The van der Waals surface area contributed by atoms with Crippen LogP contribution in [-0.4, -0.2) is 28.0 Å². The minimum Gasteiger partial charge on any atom is -0.478 e. The molecule has 0 saturated heterocycles. The van der Waals surface area contributed by atoms with Gasteiger partial charge in [0.2, 0.25) is 5.91 Å². The molecule has 0 aliphatic heterocycles. The molecule has 1 heterocycles. The number of nitrogens with zero attached hydrogens (tertiary/aromatic N) is 1. The molecule has 19 heavy (non-hydrogen) atoms. The van der Waals surface area contributed by atoms with Crippen molar-refractivity contribution >= 4 is 17.7 Å². The number of carbonyl (C=O) groups excluding carboxylic acids is 1. The molecule has 1 atom stereocenters. The van der Waals surface area contributed by atoms with Crippen LogP contribution in [0.1, 0.15) is 43.7 Å². The Morgan fingerprint density at radius 1 is 1.37 bits per heavy atom. The fourth-order valence-corrected chi connectivity index (χ4v) is 1.41. The SMILES string of the molecule is CC(Nc1cc(C(=O)O)cc(C(C)(C)C)n1)C(N)=O. The van der Waals surface area contributed by atoms with E-state index < -0.39 is 17.9 Å². The van der Waals surface area contributed by atoms with E-state index in [4.69, 9.17) is 10.8 Å². The van der Waals surface area contributed by atoms with E-state index in [1.54, 1.807) is 6.92 Å². The van der Waals surface area contributed by atoms with E-state index in [0.717, 1.165) is 0 Å². The summed E-state index contributed by atoms with van der Waals surface area (Å²) in [5, 5.41) is 11.9. The largest absolute Gasteiger partial charge is 0.478 e. The maximum atomic E-state index is 11.1. The summed E-state index contributed by atoms with van der Waals surface area (Å²) >= 11 is 0. The van der Waals surface area contributed by atoms with Crippen LogP contribution in [0.2, 0.25) is 0 Å². The van der Waals surface area contributed by atoms with E-state index in [2.05, 4.69) is 10.3 Å². The predicted octanol–water partition coefficient (Wildman–Crippen LogP) is 1.36. The van der Waals surface area contributed by atoms with E-state index in [-0.39, 0.29) is 11.0 Å². The number of hydrogen-bond acceptors (Lipinski definition) is 4. The van der Waals surface area contributed by atoms with Crippen molar-refractivity contribution in [3.05, 3.63) is 23.4 Å². The molecule has 1 unspecified atom stereocenters. The second-order valence-electron chi connectivity index (χ2n) is 5.45. The molecule has 0 saturated carbocycles. The molecular weight excluding hydrogens is 246 g/mol. The smallest absolute Gasteiger partial charge is 0.335 e. The van der Waals surface area contributed by atoms with E-state index >= 15 is 0 Å². The van der Waals surface area contributed by atoms with Crippen LogP contribution in [0.3, 0.4) is 0 Å². The Bertz CT molecular complexity index is 506. The van der Waals surface area contributed by atoms with Crippen LogP contribution < -0.4 is 11.1 Å². The Morgan fingerprint density at radius 3 is 2.37 bits per heavy atom. The molecule has 1 aromatic rings. The zero-order valence-electron chi connectivity index (χ0n) is 11.5. The summed E-state index contributed by atoms with van der Waals surface area (Å²) in [6, 6.07) is 2.30. The lowest BCUT2D eigenvalue weighted by Gasteiger charge is -2.20. The number of aromatic nitrogens is 1. The molecule has 0 radical (unpaired) electrons. The van der Waals surface area contributed by atoms with E-state index in [9.17, 15) is 9.59 Å². The van der Waals surface area contributed by atoms with Gasteiger partial charge in [-0.1, -0.05) is 20.8 Å². The first-order chi connectivity index (χ1) is 8.61. The highest BCUT2D eigenvalue weighted by Gasteiger charge is 2.20. The van der Waals surface area contributed by atoms with Crippen LogP contribution in [0.25, 0.3) is 0 Å². The zero-order chi connectivity index (χ0) is 14.8. The molecular formula is C13H19N3O3. The fraction of sp³-hybridized carbons (Fsp3) is 0.462. The van der Waals surface area contributed by atoms with Crippen LogP contribution >= 0.6 is 0 Å². The monoisotopic (exact) mass is 265 g/mol. The van der Waals surface area contributed by atoms with Gasteiger partial charge in [0.05, 0.1) is 5.56 Å². The number of carboxylic acid groups (broad SMARTS) is 1. The number of carboxylic acids is 1. The number of aromatic carboxylic acids is 1. The summed E-state index contributed by atoms with van der Waals surface area (Å²) in [5.41, 5.74) is 5.62. The average molecular weight is 265 g/mol. The molecule has 1 aromatic heterocycles. The van der Waals surface area contributed by atoms with Crippen molar-refractivity contribution in [2.24, 2.45) is 5.73 Å². The minimum absolute atomic E-state index is 0.124. The van der Waals surface area contributed by atoms with Gasteiger partial charge >= 0.3 is 5.97 Å². The quantitative estimate of drug-likeness (QED) is 0.762. The van der Waals surface area contributed by atoms with Crippen molar-refractivity contribution in [2.45, 2.75) is 39.2 Å². The molecule has 0 aliphatic carbocycles. The molecule has 1 amide bonds. The summed E-state index contributed by atoms with van der Waals surface area (Å²) in [5.74, 6) is -1.24. The van der Waals surface area contributed by atoms with E-state index in [1.165, 1.54) is 12.1 Å². The number of hydrogen-bond donors (Lipinski definition) is 3. The lowest BCUT2D eigenvalue weighted by atomic mass is 9.90. The second-order valence-corrected chi connectivity index (χ2v) is 5.45. The third-order valence-electron chi connectivity index (χ3n) is 2.63. The van der Waals surface area contributed by atoms with Crippen LogP contribution in [0.4, 0.5) is 5.82 Å². The van der Waals surface area contributed by atoms with Crippen molar-refractivity contribution in [2.75, 3.05) is 5.32 Å². The van der Waals surface area contributed by atoms with Gasteiger partial charge in [0.25, 0.3) is 0 Å². The zero-order valence-corrected chi connectivity index (χ0v) is 11.5. The number of amides is 1. The molecule has 104 valence electrons. The topological polar surface area (TPSA) is 105 Å². The molecule has 0 fully saturated rings. The summed E-state index contributed by atoms with van der Waals surface area (Å²) in [7, 11) is 0. The molecule has 0 bridgehead atoms. The number of primary amides is 1. The van der Waals surface area contributed by atoms with Gasteiger partial charge in [0, 0.05) is 11.1 Å². The number of carbonyl (C=O) groups is 2. The number of nitrogens with two attached hydrogens (primary N) is 1. The maximum Gasteiger partial charge on any atom is 0.335 e. The number of rotatable bonds is 4. The van der Waals surface area contributed by atoms with Gasteiger partial charge in [-0.15, -0.1) is 0 Å². The molecule has 0 aromatic carbocycles. The van der Waals surface area contributed by atoms with Gasteiger partial charge in [0.15, 0.2) is 0 Å². The van der Waals surface area contributed by atoms with Gasteiger partial charge in [-0.2, -0.15) is 0 Å². The van der Waals surface area contributed by atoms with Gasteiger partial charge in [-0.05, 0) is 19.1 Å². The summed E-state index contributed by atoms with van der Waals surface area (Å²) in [6.07, 6.45) is 0. The van der Waals surface area contributed by atoms with E-state index in [1.807, 2.05) is 20.8 Å². The molecule has 0 aliphatic rings. The lowest BCUT2D eigenvalue weighted by Crippen LogP contribution is -2.33.